The second kappa shape index (κ2) is 5.49. The monoisotopic (exact) mass is 328 g/mol. The molecular formula is C12H7BrF2N2S. The molecule has 0 saturated carbocycles. The molecule has 0 atom stereocenters. The first kappa shape index (κ1) is 13.0. The summed E-state index contributed by atoms with van der Waals surface area (Å²) in [5, 5.41) is 2.54. The Labute approximate surface area is 116 Å². The van der Waals surface area contributed by atoms with Crippen molar-refractivity contribution in [2.24, 2.45) is 0 Å². The van der Waals surface area contributed by atoms with Gasteiger partial charge < -0.3 is 5.32 Å². The number of benzene rings is 1. The highest BCUT2D eigenvalue weighted by atomic mass is 79.9. The van der Waals surface area contributed by atoms with Crippen molar-refractivity contribution >= 4 is 38.8 Å². The Balaban J connectivity index is 2.27. The predicted molar refractivity (Wildman–Crippen MR) is 73.6 cm³/mol. The van der Waals surface area contributed by atoms with E-state index in [0.29, 0.717) is 5.56 Å². The van der Waals surface area contributed by atoms with Gasteiger partial charge in [-0.3, -0.25) is 4.98 Å². The van der Waals surface area contributed by atoms with Gasteiger partial charge in [-0.05, 0) is 34.1 Å². The van der Waals surface area contributed by atoms with Crippen LogP contribution >= 0.6 is 28.1 Å². The lowest BCUT2D eigenvalue weighted by atomic mass is 10.2. The van der Waals surface area contributed by atoms with Crippen LogP contribution in [-0.2, 0) is 0 Å². The van der Waals surface area contributed by atoms with E-state index in [2.05, 4.69) is 26.2 Å². The number of thiocarbonyl (C=S) groups is 1. The van der Waals surface area contributed by atoms with Crippen LogP contribution in [0.5, 0.6) is 0 Å². The fourth-order valence-electron chi connectivity index (χ4n) is 1.34. The second-order valence-corrected chi connectivity index (χ2v) is 4.77. The smallest absolute Gasteiger partial charge is 0.149 e. The molecule has 0 amide bonds. The molecule has 0 unspecified atom stereocenters. The van der Waals surface area contributed by atoms with Gasteiger partial charge in [-0.1, -0.05) is 18.3 Å². The standard InChI is InChI=1S/C12H7BrF2N2S/c13-8-4-7(5-16-6-8)12(18)17-11-9(14)2-1-3-10(11)15/h1-6H,(H,17,18). The summed E-state index contributed by atoms with van der Waals surface area (Å²) in [6, 6.07) is 5.32. The van der Waals surface area contributed by atoms with Gasteiger partial charge in [-0.25, -0.2) is 8.78 Å². The minimum atomic E-state index is -0.694. The topological polar surface area (TPSA) is 24.9 Å². The number of nitrogens with one attached hydrogen (secondary N) is 1. The molecule has 6 heteroatoms. The molecule has 0 spiro atoms. The highest BCUT2D eigenvalue weighted by molar-refractivity contribution is 9.10. The van der Waals surface area contributed by atoms with E-state index < -0.39 is 11.6 Å². The van der Waals surface area contributed by atoms with E-state index in [0.717, 1.165) is 16.6 Å². The van der Waals surface area contributed by atoms with Crippen LogP contribution in [-0.4, -0.2) is 9.97 Å². The van der Waals surface area contributed by atoms with Gasteiger partial charge in [0, 0.05) is 22.4 Å². The summed E-state index contributed by atoms with van der Waals surface area (Å²) in [6.45, 7) is 0. The minimum Gasteiger partial charge on any atom is -0.341 e. The molecule has 2 aromatic rings. The summed E-state index contributed by atoms with van der Waals surface area (Å²) < 4.78 is 27.6. The third-order valence-electron chi connectivity index (χ3n) is 2.17. The lowest BCUT2D eigenvalue weighted by Gasteiger charge is -2.09. The van der Waals surface area contributed by atoms with Crippen molar-refractivity contribution in [2.45, 2.75) is 0 Å². The molecule has 0 aliphatic heterocycles. The van der Waals surface area contributed by atoms with Gasteiger partial charge in [-0.15, -0.1) is 0 Å². The van der Waals surface area contributed by atoms with Crippen molar-refractivity contribution in [1.29, 1.82) is 0 Å². The molecule has 0 saturated heterocycles. The number of aromatic nitrogens is 1. The number of hydrogen-bond donors (Lipinski definition) is 1. The number of hydrogen-bond acceptors (Lipinski definition) is 2. The summed E-state index contributed by atoms with van der Waals surface area (Å²) in [5.41, 5.74) is 0.310. The van der Waals surface area contributed by atoms with Gasteiger partial charge in [-0.2, -0.15) is 0 Å². The SMILES string of the molecule is Fc1cccc(F)c1NC(=S)c1cncc(Br)c1. The Morgan fingerprint density at radius 2 is 1.89 bits per heavy atom. The minimum absolute atomic E-state index is 0.202. The number of halogens is 3. The number of nitrogens with zero attached hydrogens (tertiary/aromatic N) is 1. The maximum absolute atomic E-state index is 13.4. The lowest BCUT2D eigenvalue weighted by Crippen LogP contribution is -2.13. The van der Waals surface area contributed by atoms with Crippen LogP contribution in [0.2, 0.25) is 0 Å². The fraction of sp³-hybridized carbons (Fsp3) is 0. The Bertz CT molecular complexity index is 584. The zero-order valence-corrected chi connectivity index (χ0v) is 11.4. The Morgan fingerprint density at radius 3 is 2.50 bits per heavy atom. The summed E-state index contributed by atoms with van der Waals surface area (Å²) in [4.78, 5) is 4.13. The van der Waals surface area contributed by atoms with Crippen molar-refractivity contribution in [2.75, 3.05) is 5.32 Å². The Hall–Kier alpha value is -1.40. The van der Waals surface area contributed by atoms with Crippen molar-refractivity contribution in [3.8, 4) is 0 Å². The average molecular weight is 329 g/mol. The van der Waals surface area contributed by atoms with Gasteiger partial charge in [0.15, 0.2) is 0 Å². The van der Waals surface area contributed by atoms with Gasteiger partial charge in [0.2, 0.25) is 0 Å². The molecule has 1 aromatic carbocycles. The van der Waals surface area contributed by atoms with Crippen molar-refractivity contribution in [3.63, 3.8) is 0 Å². The van der Waals surface area contributed by atoms with Crippen LogP contribution in [0.4, 0.5) is 14.5 Å². The summed E-state index contributed by atoms with van der Waals surface area (Å²) in [5.74, 6) is -1.39. The zero-order chi connectivity index (χ0) is 13.1. The van der Waals surface area contributed by atoms with Gasteiger partial charge in [0.25, 0.3) is 0 Å². The molecule has 0 aliphatic rings. The lowest BCUT2D eigenvalue weighted by molar-refractivity contribution is 0.591. The van der Waals surface area contributed by atoms with Gasteiger partial charge >= 0.3 is 0 Å². The van der Waals surface area contributed by atoms with Gasteiger partial charge in [0.1, 0.15) is 22.3 Å². The van der Waals surface area contributed by atoms with Crippen LogP contribution in [0.3, 0.4) is 0 Å². The first-order valence-electron chi connectivity index (χ1n) is 4.94. The predicted octanol–water partition coefficient (Wildman–Crippen LogP) is 3.91. The van der Waals surface area contributed by atoms with E-state index in [1.807, 2.05) is 0 Å². The molecule has 1 N–H and O–H groups in total. The van der Waals surface area contributed by atoms with Crippen molar-refractivity contribution < 1.29 is 8.78 Å². The van der Waals surface area contributed by atoms with Gasteiger partial charge in [0.05, 0.1) is 0 Å². The third kappa shape index (κ3) is 2.88. The Morgan fingerprint density at radius 1 is 1.22 bits per heavy atom. The van der Waals surface area contributed by atoms with Crippen LogP contribution in [0.15, 0.2) is 41.1 Å². The summed E-state index contributed by atoms with van der Waals surface area (Å²) in [7, 11) is 0. The first-order valence-corrected chi connectivity index (χ1v) is 6.14. The summed E-state index contributed by atoms with van der Waals surface area (Å²) in [6.07, 6.45) is 3.11. The number of anilines is 1. The molecule has 18 heavy (non-hydrogen) atoms. The fourth-order valence-corrected chi connectivity index (χ4v) is 1.92. The van der Waals surface area contributed by atoms with E-state index in [4.69, 9.17) is 12.2 Å². The molecule has 0 bridgehead atoms. The van der Waals surface area contributed by atoms with Crippen LogP contribution in [0, 0.1) is 11.6 Å². The first-order chi connectivity index (χ1) is 8.58. The van der Waals surface area contributed by atoms with Crippen LogP contribution in [0.1, 0.15) is 5.56 Å². The molecule has 2 rings (SSSR count). The highest BCUT2D eigenvalue weighted by Gasteiger charge is 2.11. The maximum atomic E-state index is 13.4. The normalized spacial score (nSPS) is 10.2. The third-order valence-corrected chi connectivity index (χ3v) is 2.94. The number of rotatable bonds is 2. The molecule has 2 nitrogen and oxygen atoms in total. The molecule has 0 radical (unpaired) electrons. The molecule has 1 aromatic heterocycles. The quantitative estimate of drug-likeness (QED) is 0.846. The van der Waals surface area contributed by atoms with E-state index in [1.165, 1.54) is 12.3 Å². The van der Waals surface area contributed by atoms with E-state index >= 15 is 0 Å². The number of para-hydroxylation sites is 1. The second-order valence-electron chi connectivity index (χ2n) is 3.44. The molecule has 0 aliphatic carbocycles. The zero-order valence-electron chi connectivity index (χ0n) is 8.95. The maximum Gasteiger partial charge on any atom is 0.149 e. The molecule has 1 heterocycles. The Kier molecular flexibility index (Phi) is 3.98. The van der Waals surface area contributed by atoms with Crippen molar-refractivity contribution in [3.05, 3.63) is 58.3 Å². The van der Waals surface area contributed by atoms with E-state index in [-0.39, 0.29) is 10.7 Å². The highest BCUT2D eigenvalue weighted by Crippen LogP contribution is 2.19. The molecule has 92 valence electrons. The van der Waals surface area contributed by atoms with Crippen molar-refractivity contribution in [1.82, 2.24) is 4.98 Å². The average Bonchev–Trinajstić information content (AvgIpc) is 2.34. The van der Waals surface area contributed by atoms with Crippen LogP contribution < -0.4 is 5.32 Å². The largest absolute Gasteiger partial charge is 0.341 e. The molecular weight excluding hydrogens is 322 g/mol. The molecule has 0 fully saturated rings. The van der Waals surface area contributed by atoms with Crippen LogP contribution in [0.25, 0.3) is 0 Å². The number of pyridine rings is 1. The summed E-state index contributed by atoms with van der Waals surface area (Å²) >= 11 is 8.32. The van der Waals surface area contributed by atoms with E-state index in [9.17, 15) is 8.78 Å². The van der Waals surface area contributed by atoms with E-state index in [1.54, 1.807) is 12.3 Å².